The Morgan fingerprint density at radius 2 is 1.80 bits per heavy atom. The Balaban J connectivity index is 1.65. The number of amides is 1. The van der Waals surface area contributed by atoms with Crippen LogP contribution in [0.4, 0.5) is 5.69 Å². The van der Waals surface area contributed by atoms with Crippen molar-refractivity contribution in [2.45, 2.75) is 51.2 Å². The van der Waals surface area contributed by atoms with Gasteiger partial charge in [0.1, 0.15) is 6.61 Å². The molecule has 1 saturated carbocycles. The lowest BCUT2D eigenvalue weighted by atomic mass is 10.1. The molecule has 1 aliphatic rings. The fraction of sp³-hybridized carbons (Fsp3) is 0.562. The zero-order valence-corrected chi connectivity index (χ0v) is 11.9. The predicted octanol–water partition coefficient (Wildman–Crippen LogP) is 2.62. The molecule has 0 radical (unpaired) electrons. The van der Waals surface area contributed by atoms with E-state index in [0.29, 0.717) is 12.6 Å². The Labute approximate surface area is 120 Å². The summed E-state index contributed by atoms with van der Waals surface area (Å²) in [5.74, 6) is -0.00709. The summed E-state index contributed by atoms with van der Waals surface area (Å²) in [5, 5.41) is 3.07. The van der Waals surface area contributed by atoms with Crippen molar-refractivity contribution >= 4 is 11.6 Å². The van der Waals surface area contributed by atoms with Gasteiger partial charge in [-0.25, -0.2) is 0 Å². The number of hydrogen-bond acceptors (Lipinski definition) is 3. The summed E-state index contributed by atoms with van der Waals surface area (Å²) in [4.78, 5) is 11.8. The second-order valence-corrected chi connectivity index (χ2v) is 5.49. The number of benzene rings is 1. The molecule has 0 aromatic heterocycles. The molecule has 1 aromatic carbocycles. The van der Waals surface area contributed by atoms with Crippen LogP contribution in [0.2, 0.25) is 0 Å². The van der Waals surface area contributed by atoms with E-state index in [0.717, 1.165) is 24.1 Å². The van der Waals surface area contributed by atoms with Crippen LogP contribution >= 0.6 is 0 Å². The van der Waals surface area contributed by atoms with Gasteiger partial charge < -0.3 is 15.8 Å². The SMILES string of the molecule is Nc1ccc(COCC(=O)NC2CCCCCC2)cc1. The minimum absolute atomic E-state index is 0.00709. The number of carbonyl (C=O) groups is 1. The molecule has 4 nitrogen and oxygen atoms in total. The Morgan fingerprint density at radius 3 is 2.45 bits per heavy atom. The number of ether oxygens (including phenoxy) is 1. The standard InChI is InChI=1S/C16H24N2O2/c17-14-9-7-13(8-10-14)11-20-12-16(19)18-15-5-3-1-2-4-6-15/h7-10,15H,1-6,11-12,17H2,(H,18,19). The molecule has 1 amide bonds. The average molecular weight is 276 g/mol. The summed E-state index contributed by atoms with van der Waals surface area (Å²) in [5.41, 5.74) is 7.38. The van der Waals surface area contributed by atoms with Crippen LogP contribution in [0.3, 0.4) is 0 Å². The molecule has 20 heavy (non-hydrogen) atoms. The Hall–Kier alpha value is -1.55. The van der Waals surface area contributed by atoms with E-state index >= 15 is 0 Å². The zero-order chi connectivity index (χ0) is 14.2. The van der Waals surface area contributed by atoms with E-state index in [2.05, 4.69) is 5.32 Å². The number of nitrogen functional groups attached to an aromatic ring is 1. The van der Waals surface area contributed by atoms with Crippen LogP contribution in [0, 0.1) is 0 Å². The smallest absolute Gasteiger partial charge is 0.246 e. The topological polar surface area (TPSA) is 64.3 Å². The van der Waals surface area contributed by atoms with Gasteiger partial charge in [-0.2, -0.15) is 0 Å². The van der Waals surface area contributed by atoms with Gasteiger partial charge in [0.05, 0.1) is 6.61 Å². The van der Waals surface area contributed by atoms with Gasteiger partial charge in [-0.3, -0.25) is 4.79 Å². The summed E-state index contributed by atoms with van der Waals surface area (Å²) >= 11 is 0. The van der Waals surface area contributed by atoms with E-state index in [4.69, 9.17) is 10.5 Å². The van der Waals surface area contributed by atoms with Gasteiger partial charge in [-0.05, 0) is 30.5 Å². The van der Waals surface area contributed by atoms with Crippen molar-refractivity contribution in [1.82, 2.24) is 5.32 Å². The molecular weight excluding hydrogens is 252 g/mol. The number of carbonyl (C=O) groups excluding carboxylic acids is 1. The lowest BCUT2D eigenvalue weighted by Crippen LogP contribution is -2.36. The summed E-state index contributed by atoms with van der Waals surface area (Å²) in [6.45, 7) is 0.569. The maximum absolute atomic E-state index is 11.8. The molecule has 0 aliphatic heterocycles. The van der Waals surface area contributed by atoms with E-state index in [1.165, 1.54) is 25.7 Å². The first-order valence-corrected chi connectivity index (χ1v) is 7.45. The molecule has 2 rings (SSSR count). The Bertz CT molecular complexity index is 409. The van der Waals surface area contributed by atoms with Gasteiger partial charge in [0, 0.05) is 11.7 Å². The van der Waals surface area contributed by atoms with Crippen molar-refractivity contribution in [3.63, 3.8) is 0 Å². The van der Waals surface area contributed by atoms with Gasteiger partial charge in [0.15, 0.2) is 0 Å². The molecule has 0 unspecified atom stereocenters. The molecule has 0 atom stereocenters. The maximum Gasteiger partial charge on any atom is 0.246 e. The average Bonchev–Trinajstić information content (AvgIpc) is 2.70. The third-order valence-electron chi connectivity index (χ3n) is 3.70. The van der Waals surface area contributed by atoms with Crippen molar-refractivity contribution in [2.24, 2.45) is 0 Å². The van der Waals surface area contributed by atoms with E-state index in [1.807, 2.05) is 24.3 Å². The molecule has 0 bridgehead atoms. The maximum atomic E-state index is 11.8. The van der Waals surface area contributed by atoms with E-state index in [1.54, 1.807) is 0 Å². The highest BCUT2D eigenvalue weighted by atomic mass is 16.5. The van der Waals surface area contributed by atoms with E-state index < -0.39 is 0 Å². The van der Waals surface area contributed by atoms with Crippen molar-refractivity contribution in [3.05, 3.63) is 29.8 Å². The number of anilines is 1. The highest BCUT2D eigenvalue weighted by molar-refractivity contribution is 5.77. The van der Waals surface area contributed by atoms with Crippen LogP contribution in [-0.4, -0.2) is 18.6 Å². The monoisotopic (exact) mass is 276 g/mol. The summed E-state index contributed by atoms with van der Waals surface area (Å²) < 4.78 is 5.44. The first-order chi connectivity index (χ1) is 9.74. The van der Waals surface area contributed by atoms with Crippen LogP contribution in [0.25, 0.3) is 0 Å². The molecule has 110 valence electrons. The number of hydrogen-bond donors (Lipinski definition) is 2. The van der Waals surface area contributed by atoms with Gasteiger partial charge in [-0.15, -0.1) is 0 Å². The molecule has 4 heteroatoms. The highest BCUT2D eigenvalue weighted by Crippen LogP contribution is 2.17. The normalized spacial score (nSPS) is 16.6. The molecule has 1 aliphatic carbocycles. The summed E-state index contributed by atoms with van der Waals surface area (Å²) in [6.07, 6.45) is 7.22. The lowest BCUT2D eigenvalue weighted by molar-refractivity contribution is -0.126. The lowest BCUT2D eigenvalue weighted by Gasteiger charge is -2.16. The van der Waals surface area contributed by atoms with Crippen molar-refractivity contribution in [1.29, 1.82) is 0 Å². The van der Waals surface area contributed by atoms with Crippen LogP contribution in [0.5, 0.6) is 0 Å². The largest absolute Gasteiger partial charge is 0.399 e. The van der Waals surface area contributed by atoms with Crippen LogP contribution in [0.15, 0.2) is 24.3 Å². The van der Waals surface area contributed by atoms with Gasteiger partial charge in [-0.1, -0.05) is 37.8 Å². The third-order valence-corrected chi connectivity index (χ3v) is 3.70. The van der Waals surface area contributed by atoms with Crippen LogP contribution in [-0.2, 0) is 16.1 Å². The van der Waals surface area contributed by atoms with Crippen LogP contribution < -0.4 is 11.1 Å². The fourth-order valence-electron chi connectivity index (χ4n) is 2.57. The molecule has 0 saturated heterocycles. The molecule has 0 heterocycles. The molecule has 3 N–H and O–H groups in total. The minimum Gasteiger partial charge on any atom is -0.399 e. The van der Waals surface area contributed by atoms with Crippen LogP contribution in [0.1, 0.15) is 44.1 Å². The van der Waals surface area contributed by atoms with Crippen molar-refractivity contribution < 1.29 is 9.53 Å². The number of nitrogens with one attached hydrogen (secondary N) is 1. The highest BCUT2D eigenvalue weighted by Gasteiger charge is 2.14. The fourth-order valence-corrected chi connectivity index (χ4v) is 2.57. The second-order valence-electron chi connectivity index (χ2n) is 5.49. The van der Waals surface area contributed by atoms with Gasteiger partial charge in [0.25, 0.3) is 0 Å². The molecule has 0 spiro atoms. The Morgan fingerprint density at radius 1 is 1.15 bits per heavy atom. The van der Waals surface area contributed by atoms with E-state index in [-0.39, 0.29) is 12.5 Å². The molecule has 1 aromatic rings. The summed E-state index contributed by atoms with van der Waals surface area (Å²) in [7, 11) is 0. The number of nitrogens with two attached hydrogens (primary N) is 1. The van der Waals surface area contributed by atoms with Crippen molar-refractivity contribution in [2.75, 3.05) is 12.3 Å². The number of rotatable bonds is 5. The van der Waals surface area contributed by atoms with E-state index in [9.17, 15) is 4.79 Å². The Kier molecular flexibility index (Phi) is 5.87. The zero-order valence-electron chi connectivity index (χ0n) is 11.9. The molecule has 1 fully saturated rings. The summed E-state index contributed by atoms with van der Waals surface area (Å²) in [6, 6.07) is 7.84. The second kappa shape index (κ2) is 7.90. The van der Waals surface area contributed by atoms with Crippen molar-refractivity contribution in [3.8, 4) is 0 Å². The van der Waals surface area contributed by atoms with Gasteiger partial charge in [0.2, 0.25) is 5.91 Å². The minimum atomic E-state index is -0.00709. The van der Waals surface area contributed by atoms with Gasteiger partial charge >= 0.3 is 0 Å². The third kappa shape index (κ3) is 5.21. The molecular formula is C16H24N2O2. The predicted molar refractivity (Wildman–Crippen MR) is 80.1 cm³/mol. The first kappa shape index (κ1) is 14.9. The first-order valence-electron chi connectivity index (χ1n) is 7.45. The quantitative estimate of drug-likeness (QED) is 0.642.